The smallest absolute Gasteiger partial charge is 0.279 e. The maximum absolute atomic E-state index is 13.5. The third kappa shape index (κ3) is 4.58. The number of hydrogen-bond acceptors (Lipinski definition) is 10. The lowest BCUT2D eigenvalue weighted by atomic mass is 10.2. The summed E-state index contributed by atoms with van der Waals surface area (Å²) in [5, 5.41) is 4.30. The van der Waals surface area contributed by atoms with Gasteiger partial charge in [0.1, 0.15) is 27.6 Å². The average molecular weight is 526 g/mol. The average Bonchev–Trinajstić information content (AvgIpc) is 3.25. The summed E-state index contributed by atoms with van der Waals surface area (Å²) in [5.41, 5.74) is 1.17. The zero-order valence-electron chi connectivity index (χ0n) is 20.7. The Hall–Kier alpha value is -3.75. The lowest BCUT2D eigenvalue weighted by molar-refractivity contribution is 0.196. The molecule has 0 spiro atoms. The minimum absolute atomic E-state index is 0.000941. The van der Waals surface area contributed by atoms with Crippen LogP contribution < -0.4 is 10.3 Å². The van der Waals surface area contributed by atoms with Crippen molar-refractivity contribution in [3.05, 3.63) is 41.2 Å². The fourth-order valence-electron chi connectivity index (χ4n) is 4.34. The highest BCUT2D eigenvalue weighted by molar-refractivity contribution is 7.89. The number of fused-ring (bicyclic) bond motifs is 1. The van der Waals surface area contributed by atoms with E-state index in [0.29, 0.717) is 43.1 Å². The lowest BCUT2D eigenvalue weighted by Crippen LogP contribution is -2.48. The molecule has 1 fully saturated rings. The van der Waals surface area contributed by atoms with Crippen LogP contribution in [-0.2, 0) is 17.1 Å². The van der Waals surface area contributed by atoms with Crippen LogP contribution in [0.5, 0.6) is 5.88 Å². The van der Waals surface area contributed by atoms with Crippen molar-refractivity contribution >= 4 is 21.1 Å². The summed E-state index contributed by atoms with van der Waals surface area (Å²) < 4.78 is 35.6. The molecule has 0 bridgehead atoms. The molecule has 0 saturated carbocycles. The number of likely N-dealkylation sites (N-methyl/N-ethyl adjacent to an activating group) is 1. The summed E-state index contributed by atoms with van der Waals surface area (Å²) in [5.74, 6) is 0.268. The highest BCUT2D eigenvalue weighted by atomic mass is 32.2. The number of aromatic amines is 1. The molecule has 1 N–H and O–H groups in total. The molecule has 0 aliphatic carbocycles. The second-order valence-corrected chi connectivity index (χ2v) is 10.4. The van der Waals surface area contributed by atoms with E-state index in [-0.39, 0.29) is 34.3 Å². The standard InChI is InChI=1S/C23H27N9O4S/c1-4-31-8-10-32(11-9-31)37(34,35)15-12-16(23(26-13-15)36-5-2)21-27-18-19(22(33)28-21)29-30(3)20(18)17-14-24-6-7-25-17/h6-7,12-14H,4-5,8-11H2,1-3H3,(H,27,28,33). The molecule has 4 aromatic rings. The van der Waals surface area contributed by atoms with E-state index < -0.39 is 15.6 Å². The number of sulfonamides is 1. The van der Waals surface area contributed by atoms with Crippen LogP contribution in [0.25, 0.3) is 33.8 Å². The van der Waals surface area contributed by atoms with Crippen molar-refractivity contribution in [1.29, 1.82) is 0 Å². The predicted molar refractivity (Wildman–Crippen MR) is 135 cm³/mol. The van der Waals surface area contributed by atoms with Crippen LogP contribution >= 0.6 is 0 Å². The third-order valence-corrected chi connectivity index (χ3v) is 8.14. The van der Waals surface area contributed by atoms with Crippen molar-refractivity contribution < 1.29 is 13.2 Å². The number of nitrogens with one attached hydrogen (secondary N) is 1. The first-order chi connectivity index (χ1) is 17.8. The quantitative estimate of drug-likeness (QED) is 0.368. The summed E-state index contributed by atoms with van der Waals surface area (Å²) in [6.45, 7) is 7.08. The van der Waals surface area contributed by atoms with Crippen LogP contribution in [0.15, 0.2) is 40.5 Å². The van der Waals surface area contributed by atoms with E-state index >= 15 is 0 Å². The maximum Gasteiger partial charge on any atom is 0.279 e. The van der Waals surface area contributed by atoms with Gasteiger partial charge in [0.05, 0.1) is 24.6 Å². The molecule has 37 heavy (non-hydrogen) atoms. The van der Waals surface area contributed by atoms with Gasteiger partial charge in [-0.1, -0.05) is 6.92 Å². The van der Waals surface area contributed by atoms with E-state index in [1.54, 1.807) is 26.4 Å². The van der Waals surface area contributed by atoms with Crippen LogP contribution in [0.2, 0.25) is 0 Å². The molecular weight excluding hydrogens is 498 g/mol. The van der Waals surface area contributed by atoms with Crippen LogP contribution in [-0.4, -0.2) is 91.7 Å². The van der Waals surface area contributed by atoms with E-state index in [9.17, 15) is 13.2 Å². The van der Waals surface area contributed by atoms with Gasteiger partial charge in [-0.2, -0.15) is 9.40 Å². The molecule has 5 rings (SSSR count). The molecule has 5 heterocycles. The molecule has 0 aromatic carbocycles. The van der Waals surface area contributed by atoms with Gasteiger partial charge in [0.2, 0.25) is 15.9 Å². The Balaban J connectivity index is 1.64. The number of nitrogens with zero attached hydrogens (tertiary/aromatic N) is 8. The van der Waals surface area contributed by atoms with Gasteiger partial charge < -0.3 is 14.6 Å². The molecule has 0 atom stereocenters. The number of rotatable bonds is 7. The number of pyridine rings is 1. The summed E-state index contributed by atoms with van der Waals surface area (Å²) >= 11 is 0. The Bertz CT molecular complexity index is 1590. The van der Waals surface area contributed by atoms with Crippen LogP contribution in [0, 0.1) is 0 Å². The first kappa shape index (κ1) is 24.9. The van der Waals surface area contributed by atoms with Gasteiger partial charge >= 0.3 is 0 Å². The number of aromatic nitrogens is 7. The Morgan fingerprint density at radius 2 is 1.84 bits per heavy atom. The van der Waals surface area contributed by atoms with Crippen LogP contribution in [0.4, 0.5) is 0 Å². The Morgan fingerprint density at radius 1 is 1.05 bits per heavy atom. The van der Waals surface area contributed by atoms with E-state index in [1.807, 2.05) is 0 Å². The van der Waals surface area contributed by atoms with E-state index in [1.165, 1.54) is 27.4 Å². The van der Waals surface area contributed by atoms with Crippen molar-refractivity contribution in [2.45, 2.75) is 18.7 Å². The van der Waals surface area contributed by atoms with E-state index in [4.69, 9.17) is 4.74 Å². The van der Waals surface area contributed by atoms with Gasteiger partial charge in [-0.25, -0.2) is 18.4 Å². The molecule has 1 aliphatic heterocycles. The largest absolute Gasteiger partial charge is 0.477 e. The predicted octanol–water partition coefficient (Wildman–Crippen LogP) is 0.900. The number of hydrogen-bond donors (Lipinski definition) is 1. The highest BCUT2D eigenvalue weighted by Crippen LogP contribution is 2.31. The minimum Gasteiger partial charge on any atom is -0.477 e. The molecule has 0 unspecified atom stereocenters. The number of H-pyrrole nitrogens is 1. The van der Waals surface area contributed by atoms with Gasteiger partial charge in [-0.05, 0) is 19.5 Å². The van der Waals surface area contributed by atoms with Gasteiger partial charge in [0, 0.05) is 45.6 Å². The Labute approximate surface area is 213 Å². The highest BCUT2D eigenvalue weighted by Gasteiger charge is 2.30. The number of piperazine rings is 1. The number of aryl methyl sites for hydroxylation is 1. The van der Waals surface area contributed by atoms with Gasteiger partial charge in [0.25, 0.3) is 5.56 Å². The number of ether oxygens (including phenoxy) is 1. The summed E-state index contributed by atoms with van der Waals surface area (Å²) in [6, 6.07) is 1.45. The molecule has 1 saturated heterocycles. The van der Waals surface area contributed by atoms with Gasteiger partial charge in [-0.15, -0.1) is 0 Å². The molecule has 1 aliphatic rings. The summed E-state index contributed by atoms with van der Waals surface area (Å²) in [6.07, 6.45) is 5.91. The lowest BCUT2D eigenvalue weighted by Gasteiger charge is -2.33. The topological polar surface area (TPSA) is 152 Å². The SMILES string of the molecule is CCOc1ncc(S(=O)(=O)N2CCN(CC)CC2)cc1-c1nc2c(-c3cnccn3)n(C)nc2c(=O)[nH]1. The molecule has 14 heteroatoms. The fraction of sp³-hybridized carbons (Fsp3) is 0.391. The van der Waals surface area contributed by atoms with Gasteiger partial charge in [0.15, 0.2) is 5.52 Å². The monoisotopic (exact) mass is 525 g/mol. The minimum atomic E-state index is -3.82. The normalized spacial score (nSPS) is 15.3. The van der Waals surface area contributed by atoms with E-state index in [0.717, 1.165) is 6.54 Å². The second-order valence-electron chi connectivity index (χ2n) is 8.47. The van der Waals surface area contributed by atoms with Crippen LogP contribution in [0.3, 0.4) is 0 Å². The van der Waals surface area contributed by atoms with Crippen molar-refractivity contribution in [1.82, 2.24) is 43.9 Å². The first-order valence-electron chi connectivity index (χ1n) is 11.9. The van der Waals surface area contributed by atoms with Gasteiger partial charge in [-0.3, -0.25) is 19.4 Å². The Kier molecular flexibility index (Phi) is 6.70. The van der Waals surface area contributed by atoms with Crippen molar-refractivity contribution in [2.75, 3.05) is 39.3 Å². The first-order valence-corrected chi connectivity index (χ1v) is 13.4. The second kappa shape index (κ2) is 9.95. The zero-order chi connectivity index (χ0) is 26.2. The van der Waals surface area contributed by atoms with Crippen molar-refractivity contribution in [2.24, 2.45) is 7.05 Å². The molecular formula is C23H27N9O4S. The maximum atomic E-state index is 13.5. The fourth-order valence-corrected chi connectivity index (χ4v) is 5.74. The molecule has 194 valence electrons. The summed E-state index contributed by atoms with van der Waals surface area (Å²) in [7, 11) is -2.14. The van der Waals surface area contributed by atoms with Crippen molar-refractivity contribution in [3.8, 4) is 28.7 Å². The molecule has 13 nitrogen and oxygen atoms in total. The summed E-state index contributed by atoms with van der Waals surface area (Å²) in [4.78, 5) is 35.3. The molecule has 4 aromatic heterocycles. The Morgan fingerprint density at radius 3 is 2.51 bits per heavy atom. The molecule has 0 radical (unpaired) electrons. The zero-order valence-corrected chi connectivity index (χ0v) is 21.6. The van der Waals surface area contributed by atoms with Crippen molar-refractivity contribution in [3.63, 3.8) is 0 Å². The molecule has 0 amide bonds. The van der Waals surface area contributed by atoms with E-state index in [2.05, 4.69) is 41.8 Å². The third-order valence-electron chi connectivity index (χ3n) is 6.28. The van der Waals surface area contributed by atoms with Crippen LogP contribution in [0.1, 0.15) is 13.8 Å².